The van der Waals surface area contributed by atoms with Crippen LogP contribution in [0.4, 0.5) is 5.69 Å². The number of benzene rings is 1. The summed E-state index contributed by atoms with van der Waals surface area (Å²) in [7, 11) is 0. The second kappa shape index (κ2) is 7.73. The van der Waals surface area contributed by atoms with Crippen molar-refractivity contribution in [3.63, 3.8) is 0 Å². The van der Waals surface area contributed by atoms with Crippen LogP contribution in [0.5, 0.6) is 0 Å². The molecule has 3 amide bonds. The Morgan fingerprint density at radius 3 is 2.57 bits per heavy atom. The Labute approximate surface area is 134 Å². The number of carbonyl (C=O) groups is 3. The molecule has 0 aromatic heterocycles. The number of hydrogen-bond acceptors (Lipinski definition) is 4. The van der Waals surface area contributed by atoms with Crippen molar-refractivity contribution in [2.45, 2.75) is 31.7 Å². The average Bonchev–Trinajstić information content (AvgIpc) is 2.94. The van der Waals surface area contributed by atoms with Gasteiger partial charge in [0, 0.05) is 24.9 Å². The van der Waals surface area contributed by atoms with E-state index in [1.165, 1.54) is 0 Å². The first-order chi connectivity index (χ1) is 11.0. The lowest BCUT2D eigenvalue weighted by molar-refractivity contribution is -0.120. The highest BCUT2D eigenvalue weighted by Crippen LogP contribution is 2.26. The normalized spacial score (nSPS) is 20.0. The molecule has 1 fully saturated rings. The lowest BCUT2D eigenvalue weighted by Crippen LogP contribution is -2.29. The van der Waals surface area contributed by atoms with Crippen LogP contribution in [0.25, 0.3) is 0 Å². The van der Waals surface area contributed by atoms with Crippen LogP contribution in [0.15, 0.2) is 24.3 Å². The van der Waals surface area contributed by atoms with Crippen molar-refractivity contribution >= 4 is 23.4 Å². The predicted octanol–water partition coefficient (Wildman–Crippen LogP) is 0.358. The number of rotatable bonds is 6. The first-order valence-corrected chi connectivity index (χ1v) is 7.69. The minimum absolute atomic E-state index is 0.0677. The quantitative estimate of drug-likeness (QED) is 0.603. The van der Waals surface area contributed by atoms with Crippen LogP contribution in [0, 0.1) is 5.92 Å². The number of hydrogen-bond donors (Lipinski definition) is 4. The third-order valence-electron chi connectivity index (χ3n) is 3.93. The van der Waals surface area contributed by atoms with Gasteiger partial charge < -0.3 is 22.1 Å². The van der Waals surface area contributed by atoms with Crippen molar-refractivity contribution in [1.82, 2.24) is 5.32 Å². The Morgan fingerprint density at radius 1 is 1.17 bits per heavy atom. The maximum Gasteiger partial charge on any atom is 0.253 e. The van der Waals surface area contributed by atoms with Crippen molar-refractivity contribution in [2.24, 2.45) is 17.4 Å². The van der Waals surface area contributed by atoms with E-state index in [0.717, 1.165) is 12.8 Å². The number of carbonyl (C=O) groups excluding carboxylic acids is 3. The SMILES string of the molecule is NC(=O)CCNC(=O)c1ccccc1NC(=O)C1CCC(N)C1. The van der Waals surface area contributed by atoms with Gasteiger partial charge in [-0.3, -0.25) is 14.4 Å². The van der Waals surface area contributed by atoms with Gasteiger partial charge in [-0.2, -0.15) is 0 Å². The zero-order chi connectivity index (χ0) is 16.8. The van der Waals surface area contributed by atoms with Gasteiger partial charge in [-0.1, -0.05) is 12.1 Å². The highest BCUT2D eigenvalue weighted by atomic mass is 16.2. The number of nitrogens with one attached hydrogen (secondary N) is 2. The summed E-state index contributed by atoms with van der Waals surface area (Å²) in [5.41, 5.74) is 11.7. The summed E-state index contributed by atoms with van der Waals surface area (Å²) < 4.78 is 0. The van der Waals surface area contributed by atoms with Gasteiger partial charge in [0.2, 0.25) is 11.8 Å². The van der Waals surface area contributed by atoms with Gasteiger partial charge in [-0.15, -0.1) is 0 Å². The number of nitrogens with two attached hydrogens (primary N) is 2. The summed E-state index contributed by atoms with van der Waals surface area (Å²) >= 11 is 0. The van der Waals surface area contributed by atoms with Gasteiger partial charge in [-0.05, 0) is 31.4 Å². The van der Waals surface area contributed by atoms with Crippen molar-refractivity contribution in [1.29, 1.82) is 0 Å². The molecule has 0 aliphatic heterocycles. The lowest BCUT2D eigenvalue weighted by Gasteiger charge is -2.14. The van der Waals surface area contributed by atoms with Crippen molar-refractivity contribution < 1.29 is 14.4 Å². The molecule has 0 spiro atoms. The maximum absolute atomic E-state index is 12.3. The fourth-order valence-corrected chi connectivity index (χ4v) is 2.67. The number of amides is 3. The number of para-hydroxylation sites is 1. The smallest absolute Gasteiger partial charge is 0.253 e. The molecule has 0 bridgehead atoms. The van der Waals surface area contributed by atoms with Crippen LogP contribution in [0.2, 0.25) is 0 Å². The van der Waals surface area contributed by atoms with Gasteiger partial charge in [0.05, 0.1) is 11.3 Å². The van der Waals surface area contributed by atoms with E-state index in [1.54, 1.807) is 24.3 Å². The van der Waals surface area contributed by atoms with Gasteiger partial charge in [-0.25, -0.2) is 0 Å². The number of anilines is 1. The molecule has 1 aromatic rings. The zero-order valence-electron chi connectivity index (χ0n) is 12.9. The lowest BCUT2D eigenvalue weighted by atomic mass is 10.1. The Bertz CT molecular complexity index is 603. The maximum atomic E-state index is 12.3. The minimum atomic E-state index is -0.482. The fraction of sp³-hybridized carbons (Fsp3) is 0.438. The van der Waals surface area contributed by atoms with Crippen LogP contribution in [0.3, 0.4) is 0 Å². The monoisotopic (exact) mass is 318 g/mol. The third kappa shape index (κ3) is 4.79. The molecule has 23 heavy (non-hydrogen) atoms. The summed E-state index contributed by atoms with van der Waals surface area (Å²) in [6.07, 6.45) is 2.34. The Kier molecular flexibility index (Phi) is 5.70. The van der Waals surface area contributed by atoms with Crippen molar-refractivity contribution in [2.75, 3.05) is 11.9 Å². The predicted molar refractivity (Wildman–Crippen MR) is 86.5 cm³/mol. The third-order valence-corrected chi connectivity index (χ3v) is 3.93. The van der Waals surface area contributed by atoms with E-state index in [0.29, 0.717) is 17.7 Å². The summed E-state index contributed by atoms with van der Waals surface area (Å²) in [5.74, 6) is -1.07. The second-order valence-corrected chi connectivity index (χ2v) is 5.78. The molecule has 1 aromatic carbocycles. The molecule has 0 heterocycles. The molecule has 0 radical (unpaired) electrons. The standard InChI is InChI=1S/C16H22N4O3/c17-11-6-5-10(9-11)15(22)20-13-4-2-1-3-12(13)16(23)19-8-7-14(18)21/h1-4,10-11H,5-9,17H2,(H2,18,21)(H,19,23)(H,20,22). The molecule has 1 saturated carbocycles. The molecule has 0 saturated heterocycles. The van der Waals surface area contributed by atoms with E-state index in [4.69, 9.17) is 11.5 Å². The van der Waals surface area contributed by atoms with Crippen LogP contribution < -0.4 is 22.1 Å². The van der Waals surface area contributed by atoms with Gasteiger partial charge in [0.15, 0.2) is 0 Å². The van der Waals surface area contributed by atoms with Gasteiger partial charge in [0.25, 0.3) is 5.91 Å². The molecular formula is C16H22N4O3. The van der Waals surface area contributed by atoms with E-state index in [2.05, 4.69) is 10.6 Å². The first-order valence-electron chi connectivity index (χ1n) is 7.69. The fourth-order valence-electron chi connectivity index (χ4n) is 2.67. The highest BCUT2D eigenvalue weighted by Gasteiger charge is 2.28. The molecule has 7 nitrogen and oxygen atoms in total. The van der Waals surface area contributed by atoms with E-state index in [1.807, 2.05) is 0 Å². The van der Waals surface area contributed by atoms with E-state index < -0.39 is 5.91 Å². The minimum Gasteiger partial charge on any atom is -0.370 e. The molecule has 1 aliphatic carbocycles. The molecule has 2 atom stereocenters. The average molecular weight is 318 g/mol. The summed E-state index contributed by atoms with van der Waals surface area (Å²) in [6.45, 7) is 0.161. The Hall–Kier alpha value is -2.41. The molecule has 2 unspecified atom stereocenters. The molecule has 6 N–H and O–H groups in total. The van der Waals surface area contributed by atoms with Crippen molar-refractivity contribution in [3.8, 4) is 0 Å². The second-order valence-electron chi connectivity index (χ2n) is 5.78. The van der Waals surface area contributed by atoms with E-state index in [9.17, 15) is 14.4 Å². The molecule has 1 aliphatic rings. The zero-order valence-corrected chi connectivity index (χ0v) is 12.9. The van der Waals surface area contributed by atoms with E-state index in [-0.39, 0.29) is 36.7 Å². The van der Waals surface area contributed by atoms with Crippen LogP contribution in [-0.4, -0.2) is 30.3 Å². The first kappa shape index (κ1) is 17.0. The van der Waals surface area contributed by atoms with Crippen LogP contribution in [-0.2, 0) is 9.59 Å². The van der Waals surface area contributed by atoms with Crippen molar-refractivity contribution in [3.05, 3.63) is 29.8 Å². The molecular weight excluding hydrogens is 296 g/mol. The largest absolute Gasteiger partial charge is 0.370 e. The van der Waals surface area contributed by atoms with Gasteiger partial charge >= 0.3 is 0 Å². The highest BCUT2D eigenvalue weighted by molar-refractivity contribution is 6.04. The summed E-state index contributed by atoms with van der Waals surface area (Å²) in [5, 5.41) is 5.42. The Balaban J connectivity index is 2.00. The number of primary amides is 1. The Morgan fingerprint density at radius 2 is 1.91 bits per heavy atom. The van der Waals surface area contributed by atoms with E-state index >= 15 is 0 Å². The van der Waals surface area contributed by atoms with Crippen LogP contribution in [0.1, 0.15) is 36.0 Å². The summed E-state index contributed by atoms with van der Waals surface area (Å²) in [4.78, 5) is 35.2. The summed E-state index contributed by atoms with van der Waals surface area (Å²) in [6, 6.07) is 6.82. The molecule has 124 valence electrons. The molecule has 7 heteroatoms. The molecule has 2 rings (SSSR count). The van der Waals surface area contributed by atoms with Gasteiger partial charge in [0.1, 0.15) is 0 Å². The topological polar surface area (TPSA) is 127 Å². The van der Waals surface area contributed by atoms with Crippen LogP contribution >= 0.6 is 0 Å².